The molecule has 1 heterocycles. The third-order valence-electron chi connectivity index (χ3n) is 3.80. The molecule has 1 fully saturated rings. The molecule has 1 aliphatic heterocycles. The monoisotopic (exact) mass is 263 g/mol. The number of hydrogen-bond acceptors (Lipinski definition) is 3. The van der Waals surface area contributed by atoms with Crippen LogP contribution in [0.5, 0.6) is 0 Å². The predicted octanol–water partition coefficient (Wildman–Crippen LogP) is 2.45. The number of ether oxygens (including phenoxy) is 1. The maximum Gasteiger partial charge on any atom is 0.0900 e. The van der Waals surface area contributed by atoms with Gasteiger partial charge >= 0.3 is 0 Å². The number of aryl methyl sites for hydroxylation is 2. The maximum atomic E-state index is 9.92. The molecular weight excluding hydrogens is 238 g/mol. The van der Waals surface area contributed by atoms with Crippen LogP contribution < -0.4 is 0 Å². The zero-order valence-corrected chi connectivity index (χ0v) is 12.2. The molecule has 0 unspecified atom stereocenters. The Morgan fingerprint density at radius 3 is 2.63 bits per heavy atom. The fourth-order valence-electron chi connectivity index (χ4n) is 3.14. The molecule has 3 nitrogen and oxygen atoms in total. The molecule has 19 heavy (non-hydrogen) atoms. The van der Waals surface area contributed by atoms with Gasteiger partial charge in [0, 0.05) is 19.7 Å². The Balaban J connectivity index is 2.09. The Hall–Kier alpha value is -0.900. The summed E-state index contributed by atoms with van der Waals surface area (Å²) in [7, 11) is 1.63. The largest absolute Gasteiger partial charge is 0.389 e. The van der Waals surface area contributed by atoms with Crippen molar-refractivity contribution in [2.45, 2.75) is 38.8 Å². The van der Waals surface area contributed by atoms with Crippen molar-refractivity contribution in [1.29, 1.82) is 0 Å². The van der Waals surface area contributed by atoms with Gasteiger partial charge < -0.3 is 9.84 Å². The van der Waals surface area contributed by atoms with Crippen molar-refractivity contribution in [1.82, 2.24) is 4.90 Å². The summed E-state index contributed by atoms with van der Waals surface area (Å²) < 4.78 is 5.02. The van der Waals surface area contributed by atoms with E-state index in [1.54, 1.807) is 7.11 Å². The van der Waals surface area contributed by atoms with Crippen molar-refractivity contribution in [2.75, 3.05) is 26.8 Å². The molecule has 2 atom stereocenters. The number of nitrogens with zero attached hydrogens (tertiary/aromatic N) is 1. The van der Waals surface area contributed by atoms with Gasteiger partial charge in [-0.15, -0.1) is 0 Å². The Bertz CT molecular complexity index is 399. The third-order valence-corrected chi connectivity index (χ3v) is 3.80. The fourth-order valence-corrected chi connectivity index (χ4v) is 3.14. The average Bonchev–Trinajstić information content (AvgIpc) is 2.76. The van der Waals surface area contributed by atoms with E-state index in [9.17, 15) is 5.11 Å². The van der Waals surface area contributed by atoms with E-state index in [2.05, 4.69) is 36.9 Å². The van der Waals surface area contributed by atoms with Gasteiger partial charge in [-0.25, -0.2) is 0 Å². The lowest BCUT2D eigenvalue weighted by Crippen LogP contribution is -2.34. The van der Waals surface area contributed by atoms with Crippen molar-refractivity contribution >= 4 is 0 Å². The van der Waals surface area contributed by atoms with Crippen LogP contribution in [-0.2, 0) is 4.74 Å². The Labute approximate surface area is 116 Å². The summed E-state index contributed by atoms with van der Waals surface area (Å²) in [5.41, 5.74) is 4.03. The summed E-state index contributed by atoms with van der Waals surface area (Å²) in [6.07, 6.45) is 2.00. The standard InChI is InChI=1S/C16H25NO2/c1-12-7-13(2)9-14(8-12)16-5-4-6-17(16)10-15(18)11-19-3/h7-9,15-16,18H,4-6,10-11H2,1-3H3/t15-,16-/m0/s1. The summed E-state index contributed by atoms with van der Waals surface area (Å²) in [4.78, 5) is 2.39. The SMILES string of the molecule is COC[C@@H](O)CN1CCC[C@H]1c1cc(C)cc(C)c1. The van der Waals surface area contributed by atoms with Crippen LogP contribution in [-0.4, -0.2) is 42.9 Å². The van der Waals surface area contributed by atoms with Gasteiger partial charge in [-0.05, 0) is 38.8 Å². The van der Waals surface area contributed by atoms with Crippen molar-refractivity contribution in [3.05, 3.63) is 34.9 Å². The third kappa shape index (κ3) is 3.78. The quantitative estimate of drug-likeness (QED) is 0.885. The fraction of sp³-hybridized carbons (Fsp3) is 0.625. The first-order valence-electron chi connectivity index (χ1n) is 7.09. The van der Waals surface area contributed by atoms with E-state index >= 15 is 0 Å². The molecule has 106 valence electrons. The summed E-state index contributed by atoms with van der Waals surface area (Å²) in [5, 5.41) is 9.92. The highest BCUT2D eigenvalue weighted by atomic mass is 16.5. The average molecular weight is 263 g/mol. The molecule has 0 spiro atoms. The zero-order valence-electron chi connectivity index (χ0n) is 12.2. The van der Waals surface area contributed by atoms with Gasteiger partial charge in [0.05, 0.1) is 12.7 Å². The molecule has 0 aromatic heterocycles. The van der Waals surface area contributed by atoms with E-state index in [1.807, 2.05) is 0 Å². The van der Waals surface area contributed by atoms with E-state index in [-0.39, 0.29) is 0 Å². The first kappa shape index (κ1) is 14.5. The number of methoxy groups -OCH3 is 1. The van der Waals surface area contributed by atoms with Crippen LogP contribution in [0.15, 0.2) is 18.2 Å². The van der Waals surface area contributed by atoms with Crippen molar-refractivity contribution in [3.8, 4) is 0 Å². The molecule has 0 radical (unpaired) electrons. The molecule has 1 aromatic rings. The van der Waals surface area contributed by atoms with Crippen LogP contribution in [0.25, 0.3) is 0 Å². The van der Waals surface area contributed by atoms with Gasteiger partial charge in [0.2, 0.25) is 0 Å². The summed E-state index contributed by atoms with van der Waals surface area (Å²) in [6.45, 7) is 6.48. The molecule has 1 N–H and O–H groups in total. The topological polar surface area (TPSA) is 32.7 Å². The number of hydrogen-bond donors (Lipinski definition) is 1. The summed E-state index contributed by atoms with van der Waals surface area (Å²) in [5.74, 6) is 0. The van der Waals surface area contributed by atoms with E-state index in [0.717, 1.165) is 6.54 Å². The van der Waals surface area contributed by atoms with E-state index in [0.29, 0.717) is 19.2 Å². The molecule has 1 aromatic carbocycles. The maximum absolute atomic E-state index is 9.92. The van der Waals surface area contributed by atoms with Crippen LogP contribution in [0.3, 0.4) is 0 Å². The molecule has 1 saturated heterocycles. The lowest BCUT2D eigenvalue weighted by atomic mass is 9.99. The van der Waals surface area contributed by atoms with Gasteiger partial charge in [-0.3, -0.25) is 4.90 Å². The number of likely N-dealkylation sites (tertiary alicyclic amines) is 1. The van der Waals surface area contributed by atoms with Crippen LogP contribution in [0.1, 0.15) is 35.6 Å². The van der Waals surface area contributed by atoms with Crippen LogP contribution in [0, 0.1) is 13.8 Å². The number of benzene rings is 1. The highest BCUT2D eigenvalue weighted by molar-refractivity contribution is 5.31. The van der Waals surface area contributed by atoms with Crippen LogP contribution in [0.4, 0.5) is 0 Å². The molecular formula is C16H25NO2. The van der Waals surface area contributed by atoms with Gasteiger partial charge in [-0.1, -0.05) is 29.3 Å². The lowest BCUT2D eigenvalue weighted by molar-refractivity contribution is 0.0346. The number of β-amino-alcohol motifs (C(OH)–C–C–N with tert-alkyl or cyclic N) is 1. The highest BCUT2D eigenvalue weighted by Gasteiger charge is 2.27. The van der Waals surface area contributed by atoms with Gasteiger partial charge in [0.1, 0.15) is 0 Å². The second kappa shape index (κ2) is 6.51. The Kier molecular flexibility index (Phi) is 4.97. The minimum Gasteiger partial charge on any atom is -0.389 e. The molecule has 0 saturated carbocycles. The van der Waals surface area contributed by atoms with Crippen molar-refractivity contribution in [3.63, 3.8) is 0 Å². The molecule has 2 rings (SSSR count). The molecule has 1 aliphatic rings. The lowest BCUT2D eigenvalue weighted by Gasteiger charge is -2.27. The first-order chi connectivity index (χ1) is 9.10. The van der Waals surface area contributed by atoms with E-state index < -0.39 is 6.10 Å². The van der Waals surface area contributed by atoms with Gasteiger partial charge in [0.15, 0.2) is 0 Å². The molecule has 0 aliphatic carbocycles. The summed E-state index contributed by atoms with van der Waals surface area (Å²) >= 11 is 0. The number of aliphatic hydroxyl groups excluding tert-OH is 1. The highest BCUT2D eigenvalue weighted by Crippen LogP contribution is 2.32. The summed E-state index contributed by atoms with van der Waals surface area (Å²) in [6, 6.07) is 7.21. The van der Waals surface area contributed by atoms with Crippen LogP contribution in [0.2, 0.25) is 0 Å². The minimum atomic E-state index is -0.392. The second-order valence-electron chi connectivity index (χ2n) is 5.68. The minimum absolute atomic E-state index is 0.392. The second-order valence-corrected chi connectivity index (χ2v) is 5.68. The van der Waals surface area contributed by atoms with Crippen molar-refractivity contribution in [2.24, 2.45) is 0 Å². The van der Waals surface area contributed by atoms with E-state index in [4.69, 9.17) is 4.74 Å². The normalized spacial score (nSPS) is 21.8. The van der Waals surface area contributed by atoms with Crippen molar-refractivity contribution < 1.29 is 9.84 Å². The van der Waals surface area contributed by atoms with Gasteiger partial charge in [0.25, 0.3) is 0 Å². The van der Waals surface area contributed by atoms with Crippen LogP contribution >= 0.6 is 0 Å². The Morgan fingerprint density at radius 2 is 2.00 bits per heavy atom. The number of aliphatic hydroxyl groups is 1. The smallest absolute Gasteiger partial charge is 0.0900 e. The number of rotatable bonds is 5. The Morgan fingerprint density at radius 1 is 1.32 bits per heavy atom. The molecule has 0 amide bonds. The first-order valence-corrected chi connectivity index (χ1v) is 7.09. The molecule has 3 heteroatoms. The predicted molar refractivity (Wildman–Crippen MR) is 77.3 cm³/mol. The van der Waals surface area contributed by atoms with Gasteiger partial charge in [-0.2, -0.15) is 0 Å². The molecule has 0 bridgehead atoms. The zero-order chi connectivity index (χ0) is 13.8. The van der Waals surface area contributed by atoms with E-state index in [1.165, 1.54) is 29.5 Å².